The van der Waals surface area contributed by atoms with E-state index in [1.165, 1.54) is 11.8 Å². The molecule has 1 aliphatic carbocycles. The molecule has 24 heavy (non-hydrogen) atoms. The zero-order valence-electron chi connectivity index (χ0n) is 12.9. The number of benzene rings is 2. The molecule has 1 heterocycles. The topological polar surface area (TPSA) is 79.8 Å². The summed E-state index contributed by atoms with van der Waals surface area (Å²) in [5, 5.41) is 12.1. The maximum Gasteiger partial charge on any atom is 0.344 e. The molecule has 0 atom stereocenters. The van der Waals surface area contributed by atoms with E-state index in [2.05, 4.69) is 15.5 Å². The Morgan fingerprint density at radius 2 is 2.04 bits per heavy atom. The highest BCUT2D eigenvalue weighted by molar-refractivity contribution is 7.99. The number of rotatable bonds is 5. The summed E-state index contributed by atoms with van der Waals surface area (Å²) in [5.41, 5.74) is 0.592. The van der Waals surface area contributed by atoms with Gasteiger partial charge in [0.05, 0.1) is 5.75 Å². The van der Waals surface area contributed by atoms with Crippen molar-refractivity contribution in [3.8, 4) is 0 Å². The zero-order valence-corrected chi connectivity index (χ0v) is 13.7. The third-order valence-corrected chi connectivity index (χ3v) is 4.93. The third-order valence-electron chi connectivity index (χ3n) is 3.98. The number of nitrogens with one attached hydrogen (secondary N) is 2. The van der Waals surface area contributed by atoms with Gasteiger partial charge in [0.2, 0.25) is 5.91 Å². The van der Waals surface area contributed by atoms with Gasteiger partial charge >= 0.3 is 5.69 Å². The van der Waals surface area contributed by atoms with E-state index < -0.39 is 0 Å². The summed E-state index contributed by atoms with van der Waals surface area (Å²) in [6.45, 7) is 0. The quantitative estimate of drug-likeness (QED) is 0.700. The number of nitrogens with zero attached hydrogens (tertiary/aromatic N) is 2. The monoisotopic (exact) mass is 340 g/mol. The van der Waals surface area contributed by atoms with Crippen molar-refractivity contribution in [1.82, 2.24) is 14.8 Å². The lowest BCUT2D eigenvalue weighted by Crippen LogP contribution is -2.18. The molecule has 1 fully saturated rings. The highest BCUT2D eigenvalue weighted by Crippen LogP contribution is 2.36. The van der Waals surface area contributed by atoms with Crippen LogP contribution in [0.15, 0.2) is 52.4 Å². The van der Waals surface area contributed by atoms with Gasteiger partial charge in [-0.15, -0.1) is 5.10 Å². The van der Waals surface area contributed by atoms with Gasteiger partial charge in [0, 0.05) is 17.1 Å². The number of anilines is 1. The maximum absolute atomic E-state index is 12.3. The fraction of sp³-hybridized carbons (Fsp3) is 0.235. The van der Waals surface area contributed by atoms with Crippen LogP contribution in [0.5, 0.6) is 0 Å². The molecule has 0 saturated heterocycles. The van der Waals surface area contributed by atoms with E-state index in [9.17, 15) is 9.59 Å². The Labute approximate surface area is 142 Å². The molecule has 6 nitrogen and oxygen atoms in total. The average molecular weight is 340 g/mol. The number of H-pyrrole nitrogens is 1. The van der Waals surface area contributed by atoms with Crippen molar-refractivity contribution in [3.63, 3.8) is 0 Å². The average Bonchev–Trinajstić information content (AvgIpc) is 3.36. The van der Waals surface area contributed by atoms with Gasteiger partial charge in [-0.25, -0.2) is 9.89 Å². The molecule has 2 N–H and O–H groups in total. The number of carbonyl (C=O) groups excluding carboxylic acids is 1. The molecule has 122 valence electrons. The SMILES string of the molecule is O=C(CSc1n[nH]c(=O)n1C1CC1)Nc1cccc2ccccc12. The fourth-order valence-electron chi connectivity index (χ4n) is 2.70. The van der Waals surface area contributed by atoms with Crippen molar-refractivity contribution in [3.05, 3.63) is 52.9 Å². The Hall–Kier alpha value is -2.54. The van der Waals surface area contributed by atoms with Crippen LogP contribution in [0.4, 0.5) is 5.69 Å². The van der Waals surface area contributed by atoms with Gasteiger partial charge in [0.15, 0.2) is 5.16 Å². The van der Waals surface area contributed by atoms with Crippen LogP contribution in [-0.2, 0) is 4.79 Å². The Morgan fingerprint density at radius 1 is 1.25 bits per heavy atom. The van der Waals surface area contributed by atoms with Crippen molar-refractivity contribution in [1.29, 1.82) is 0 Å². The van der Waals surface area contributed by atoms with Gasteiger partial charge in [-0.05, 0) is 24.3 Å². The first-order chi connectivity index (χ1) is 11.7. The van der Waals surface area contributed by atoms with Gasteiger partial charge in [-0.3, -0.25) is 9.36 Å². The molecule has 1 aromatic heterocycles. The van der Waals surface area contributed by atoms with Crippen LogP contribution in [-0.4, -0.2) is 26.4 Å². The first kappa shape index (κ1) is 15.0. The molecule has 0 aliphatic heterocycles. The molecule has 0 spiro atoms. The van der Waals surface area contributed by atoms with Crippen LogP contribution in [0, 0.1) is 0 Å². The molecule has 1 aliphatic rings. The molecule has 4 rings (SSSR count). The van der Waals surface area contributed by atoms with Gasteiger partial charge in [0.1, 0.15) is 0 Å². The van der Waals surface area contributed by atoms with E-state index >= 15 is 0 Å². The number of hydrogen-bond acceptors (Lipinski definition) is 4. The van der Waals surface area contributed by atoms with E-state index in [0.717, 1.165) is 29.3 Å². The molecule has 7 heteroatoms. The second-order valence-electron chi connectivity index (χ2n) is 5.78. The lowest BCUT2D eigenvalue weighted by Gasteiger charge is -2.08. The van der Waals surface area contributed by atoms with Crippen molar-refractivity contribution in [2.45, 2.75) is 24.0 Å². The molecule has 0 bridgehead atoms. The molecule has 3 aromatic rings. The molecule has 0 unspecified atom stereocenters. The summed E-state index contributed by atoms with van der Waals surface area (Å²) < 4.78 is 1.65. The third kappa shape index (κ3) is 2.94. The van der Waals surface area contributed by atoms with Gasteiger partial charge < -0.3 is 5.32 Å². The van der Waals surface area contributed by atoms with Crippen LogP contribution in [0.2, 0.25) is 0 Å². The highest BCUT2D eigenvalue weighted by atomic mass is 32.2. The van der Waals surface area contributed by atoms with E-state index in [0.29, 0.717) is 5.16 Å². The van der Waals surface area contributed by atoms with Gasteiger partial charge in [0.25, 0.3) is 0 Å². The molecule has 2 aromatic carbocycles. The lowest BCUT2D eigenvalue weighted by molar-refractivity contribution is -0.113. The Morgan fingerprint density at radius 3 is 2.88 bits per heavy atom. The molecule has 0 radical (unpaired) electrons. The van der Waals surface area contributed by atoms with Gasteiger partial charge in [-0.2, -0.15) is 0 Å². The van der Waals surface area contributed by atoms with E-state index in [1.807, 2.05) is 42.5 Å². The minimum atomic E-state index is -0.200. The maximum atomic E-state index is 12.3. The molecule has 1 amide bonds. The summed E-state index contributed by atoms with van der Waals surface area (Å²) in [7, 11) is 0. The Kier molecular flexibility index (Phi) is 3.86. The van der Waals surface area contributed by atoms with E-state index in [4.69, 9.17) is 0 Å². The van der Waals surface area contributed by atoms with Crippen molar-refractivity contribution < 1.29 is 4.79 Å². The molecule has 1 saturated carbocycles. The largest absolute Gasteiger partial charge is 0.344 e. The number of hydrogen-bond donors (Lipinski definition) is 2. The minimum Gasteiger partial charge on any atom is -0.325 e. The summed E-state index contributed by atoms with van der Waals surface area (Å²) >= 11 is 1.28. The first-order valence-corrected chi connectivity index (χ1v) is 8.78. The van der Waals surface area contributed by atoms with Crippen molar-refractivity contribution in [2.24, 2.45) is 0 Å². The number of carbonyl (C=O) groups is 1. The molecular formula is C17H16N4O2S. The second kappa shape index (κ2) is 6.16. The normalized spacial score (nSPS) is 14.0. The Bertz CT molecular complexity index is 953. The summed E-state index contributed by atoms with van der Waals surface area (Å²) in [6, 6.07) is 14.0. The summed E-state index contributed by atoms with van der Waals surface area (Å²) in [4.78, 5) is 24.0. The van der Waals surface area contributed by atoms with Crippen LogP contribution >= 0.6 is 11.8 Å². The predicted octanol–water partition coefficient (Wildman–Crippen LogP) is 2.79. The van der Waals surface area contributed by atoms with Crippen LogP contribution < -0.4 is 11.0 Å². The summed E-state index contributed by atoms with van der Waals surface area (Å²) in [6.07, 6.45) is 1.99. The van der Waals surface area contributed by atoms with E-state index in [-0.39, 0.29) is 23.4 Å². The number of aromatic amines is 1. The lowest BCUT2D eigenvalue weighted by atomic mass is 10.1. The first-order valence-electron chi connectivity index (χ1n) is 7.80. The number of fused-ring (bicyclic) bond motifs is 1. The Balaban J connectivity index is 1.46. The van der Waals surface area contributed by atoms with Crippen molar-refractivity contribution in [2.75, 3.05) is 11.1 Å². The van der Waals surface area contributed by atoms with Gasteiger partial charge in [-0.1, -0.05) is 48.2 Å². The van der Waals surface area contributed by atoms with E-state index in [1.54, 1.807) is 4.57 Å². The minimum absolute atomic E-state index is 0.117. The molecular weight excluding hydrogens is 324 g/mol. The standard InChI is InChI=1S/C17H16N4O2S/c22-15(10-24-17-20-19-16(23)21(17)12-8-9-12)18-14-7-3-5-11-4-1-2-6-13(11)14/h1-7,12H,8-10H2,(H,18,22)(H,19,23). The fourth-order valence-corrected chi connectivity index (χ4v) is 3.51. The smallest absolute Gasteiger partial charge is 0.325 e. The number of amides is 1. The summed E-state index contributed by atoms with van der Waals surface area (Å²) in [5.74, 6) is 0.0920. The highest BCUT2D eigenvalue weighted by Gasteiger charge is 2.28. The number of thioether (sulfide) groups is 1. The zero-order chi connectivity index (χ0) is 16.5. The van der Waals surface area contributed by atoms with Crippen LogP contribution in [0.25, 0.3) is 10.8 Å². The van der Waals surface area contributed by atoms with Crippen LogP contribution in [0.1, 0.15) is 18.9 Å². The number of aromatic nitrogens is 3. The van der Waals surface area contributed by atoms with Crippen LogP contribution in [0.3, 0.4) is 0 Å². The second-order valence-corrected chi connectivity index (χ2v) is 6.72. The van der Waals surface area contributed by atoms with Crippen molar-refractivity contribution >= 4 is 34.1 Å². The predicted molar refractivity (Wildman–Crippen MR) is 94.4 cm³/mol.